The Labute approximate surface area is 149 Å². The highest BCUT2D eigenvalue weighted by atomic mass is 16.7. The zero-order chi connectivity index (χ0) is 18.4. The number of rotatable bonds is 5. The van der Waals surface area contributed by atoms with Gasteiger partial charge in [0.1, 0.15) is 5.75 Å². The predicted molar refractivity (Wildman–Crippen MR) is 93.1 cm³/mol. The van der Waals surface area contributed by atoms with E-state index in [2.05, 4.69) is 15.8 Å². The van der Waals surface area contributed by atoms with Gasteiger partial charge in [-0.25, -0.2) is 5.43 Å². The van der Waals surface area contributed by atoms with Crippen molar-refractivity contribution >= 4 is 18.0 Å². The fourth-order valence-electron chi connectivity index (χ4n) is 2.30. The van der Waals surface area contributed by atoms with E-state index in [-0.39, 0.29) is 13.3 Å². The maximum Gasteiger partial charge on any atom is 0.329 e. The first-order chi connectivity index (χ1) is 12.7. The molecule has 0 atom stereocenters. The van der Waals surface area contributed by atoms with Gasteiger partial charge in [-0.05, 0) is 29.8 Å². The maximum absolute atomic E-state index is 11.8. The molecular weight excluding hydrogens is 338 g/mol. The van der Waals surface area contributed by atoms with Gasteiger partial charge in [0.15, 0.2) is 11.5 Å². The Kier molecular flexibility index (Phi) is 5.33. The molecule has 0 aliphatic carbocycles. The van der Waals surface area contributed by atoms with Gasteiger partial charge in [-0.3, -0.25) is 9.59 Å². The van der Waals surface area contributed by atoms with Gasteiger partial charge in [0.05, 0.1) is 13.3 Å². The van der Waals surface area contributed by atoms with E-state index < -0.39 is 11.8 Å². The van der Waals surface area contributed by atoms with Crippen LogP contribution < -0.4 is 25.0 Å². The van der Waals surface area contributed by atoms with Gasteiger partial charge in [-0.1, -0.05) is 18.2 Å². The Morgan fingerprint density at radius 2 is 1.96 bits per heavy atom. The first-order valence-electron chi connectivity index (χ1n) is 7.80. The van der Waals surface area contributed by atoms with Gasteiger partial charge in [0.25, 0.3) is 0 Å². The summed E-state index contributed by atoms with van der Waals surface area (Å²) in [5.41, 5.74) is 3.64. The van der Waals surface area contributed by atoms with Crippen LogP contribution in [0.3, 0.4) is 0 Å². The van der Waals surface area contributed by atoms with Crippen molar-refractivity contribution in [3.8, 4) is 17.2 Å². The van der Waals surface area contributed by atoms with Crippen molar-refractivity contribution in [1.29, 1.82) is 0 Å². The second-order valence-corrected chi connectivity index (χ2v) is 5.31. The standard InChI is InChI=1S/C18H17N3O5/c1-24-14-5-3-2-4-13(14)10-20-21-18(23)17(22)19-9-12-6-7-15-16(8-12)26-11-25-15/h2-8,10H,9,11H2,1H3,(H,19,22)(H,21,23)/b20-10+. The molecule has 2 aromatic carbocycles. The molecule has 1 heterocycles. The van der Waals surface area contributed by atoms with Gasteiger partial charge in [0.2, 0.25) is 6.79 Å². The molecule has 2 aromatic rings. The number of ether oxygens (including phenoxy) is 3. The van der Waals surface area contributed by atoms with Crippen molar-refractivity contribution in [3.05, 3.63) is 53.6 Å². The summed E-state index contributed by atoms with van der Waals surface area (Å²) in [6.07, 6.45) is 1.40. The number of amides is 2. The maximum atomic E-state index is 11.8. The largest absolute Gasteiger partial charge is 0.496 e. The first-order valence-corrected chi connectivity index (χ1v) is 7.80. The molecule has 2 amide bonds. The predicted octanol–water partition coefficient (Wildman–Crippen LogP) is 1.19. The summed E-state index contributed by atoms with van der Waals surface area (Å²) in [5.74, 6) is 0.223. The number of hydrogen-bond acceptors (Lipinski definition) is 6. The van der Waals surface area contributed by atoms with Crippen LogP contribution >= 0.6 is 0 Å². The van der Waals surface area contributed by atoms with Gasteiger partial charge < -0.3 is 19.5 Å². The highest BCUT2D eigenvalue weighted by molar-refractivity contribution is 6.35. The van der Waals surface area contributed by atoms with Crippen molar-refractivity contribution in [2.45, 2.75) is 6.54 Å². The second-order valence-electron chi connectivity index (χ2n) is 5.31. The van der Waals surface area contributed by atoms with Crippen LogP contribution in [0.25, 0.3) is 0 Å². The third-order valence-electron chi connectivity index (χ3n) is 3.60. The molecule has 3 rings (SSSR count). The Bertz CT molecular complexity index is 850. The number of benzene rings is 2. The zero-order valence-electron chi connectivity index (χ0n) is 14.0. The van der Waals surface area contributed by atoms with Crippen molar-refractivity contribution in [2.75, 3.05) is 13.9 Å². The number of methoxy groups -OCH3 is 1. The van der Waals surface area contributed by atoms with E-state index in [1.54, 1.807) is 30.3 Å². The Morgan fingerprint density at radius 1 is 1.15 bits per heavy atom. The molecule has 0 bridgehead atoms. The molecule has 0 aromatic heterocycles. The van der Waals surface area contributed by atoms with E-state index in [0.717, 1.165) is 5.56 Å². The van der Waals surface area contributed by atoms with Gasteiger partial charge in [-0.2, -0.15) is 5.10 Å². The van der Waals surface area contributed by atoms with E-state index in [1.165, 1.54) is 13.3 Å². The van der Waals surface area contributed by atoms with Crippen LogP contribution in [0.1, 0.15) is 11.1 Å². The summed E-state index contributed by atoms with van der Waals surface area (Å²) in [7, 11) is 1.54. The third-order valence-corrected chi connectivity index (χ3v) is 3.60. The van der Waals surface area contributed by atoms with E-state index in [1.807, 2.05) is 12.1 Å². The van der Waals surface area contributed by atoms with Crippen LogP contribution in [0.2, 0.25) is 0 Å². The average Bonchev–Trinajstić information content (AvgIpc) is 3.14. The number of carbonyl (C=O) groups is 2. The smallest absolute Gasteiger partial charge is 0.329 e. The van der Waals surface area contributed by atoms with E-state index in [9.17, 15) is 9.59 Å². The number of para-hydroxylation sites is 1. The van der Waals surface area contributed by atoms with Gasteiger partial charge >= 0.3 is 11.8 Å². The minimum absolute atomic E-state index is 0.178. The molecule has 26 heavy (non-hydrogen) atoms. The minimum atomic E-state index is -0.864. The number of nitrogens with zero attached hydrogens (tertiary/aromatic N) is 1. The van der Waals surface area contributed by atoms with Crippen molar-refractivity contribution in [1.82, 2.24) is 10.7 Å². The summed E-state index contributed by atoms with van der Waals surface area (Å²) >= 11 is 0. The van der Waals surface area contributed by atoms with Gasteiger partial charge in [0, 0.05) is 12.1 Å². The summed E-state index contributed by atoms with van der Waals surface area (Å²) in [5, 5.41) is 6.29. The molecule has 0 radical (unpaired) electrons. The molecule has 0 saturated carbocycles. The number of carbonyl (C=O) groups excluding carboxylic acids is 2. The Hall–Kier alpha value is -3.55. The topological polar surface area (TPSA) is 98.2 Å². The molecule has 0 spiro atoms. The fraction of sp³-hybridized carbons (Fsp3) is 0.167. The lowest BCUT2D eigenvalue weighted by molar-refractivity contribution is -0.139. The van der Waals surface area contributed by atoms with Crippen LogP contribution in [0, 0.1) is 0 Å². The quantitative estimate of drug-likeness (QED) is 0.477. The van der Waals surface area contributed by atoms with Crippen molar-refractivity contribution in [3.63, 3.8) is 0 Å². The van der Waals surface area contributed by atoms with E-state index in [0.29, 0.717) is 22.8 Å². The highest BCUT2D eigenvalue weighted by Crippen LogP contribution is 2.32. The molecule has 1 aliphatic rings. The lowest BCUT2D eigenvalue weighted by Crippen LogP contribution is -2.37. The molecule has 8 heteroatoms. The molecule has 0 saturated heterocycles. The Balaban J connectivity index is 1.50. The molecule has 8 nitrogen and oxygen atoms in total. The average molecular weight is 355 g/mol. The van der Waals surface area contributed by atoms with Crippen LogP contribution in [-0.4, -0.2) is 31.9 Å². The van der Waals surface area contributed by atoms with Crippen molar-refractivity contribution < 1.29 is 23.8 Å². The monoisotopic (exact) mass is 355 g/mol. The molecule has 134 valence electrons. The number of nitrogens with one attached hydrogen (secondary N) is 2. The van der Waals surface area contributed by atoms with Crippen LogP contribution in [0.4, 0.5) is 0 Å². The molecule has 0 fully saturated rings. The van der Waals surface area contributed by atoms with Crippen molar-refractivity contribution in [2.24, 2.45) is 5.10 Å². The van der Waals surface area contributed by atoms with Crippen LogP contribution in [0.15, 0.2) is 47.6 Å². The lowest BCUT2D eigenvalue weighted by atomic mass is 10.2. The number of fused-ring (bicyclic) bond motifs is 1. The number of hydrogen-bond donors (Lipinski definition) is 2. The molecular formula is C18H17N3O5. The summed E-state index contributed by atoms with van der Waals surface area (Å²) < 4.78 is 15.6. The van der Waals surface area contributed by atoms with E-state index >= 15 is 0 Å². The molecule has 0 unspecified atom stereocenters. The second kappa shape index (κ2) is 8.02. The first kappa shape index (κ1) is 17.3. The third kappa shape index (κ3) is 4.10. The SMILES string of the molecule is COc1ccccc1/C=N/NC(=O)C(=O)NCc1ccc2c(c1)OCO2. The summed E-state index contributed by atoms with van der Waals surface area (Å²) in [4.78, 5) is 23.6. The normalized spacial score (nSPS) is 12.0. The lowest BCUT2D eigenvalue weighted by Gasteiger charge is -2.05. The van der Waals surface area contributed by atoms with Crippen LogP contribution in [-0.2, 0) is 16.1 Å². The molecule has 1 aliphatic heterocycles. The Morgan fingerprint density at radius 3 is 2.81 bits per heavy atom. The highest BCUT2D eigenvalue weighted by Gasteiger charge is 2.15. The van der Waals surface area contributed by atoms with Gasteiger partial charge in [-0.15, -0.1) is 0 Å². The zero-order valence-corrected chi connectivity index (χ0v) is 14.0. The minimum Gasteiger partial charge on any atom is -0.496 e. The van der Waals surface area contributed by atoms with Crippen LogP contribution in [0.5, 0.6) is 17.2 Å². The summed E-state index contributed by atoms with van der Waals surface area (Å²) in [6.45, 7) is 0.358. The van der Waals surface area contributed by atoms with E-state index in [4.69, 9.17) is 14.2 Å². The molecule has 2 N–H and O–H groups in total. The fourth-order valence-corrected chi connectivity index (χ4v) is 2.30. The summed E-state index contributed by atoms with van der Waals surface area (Å²) in [6, 6.07) is 12.4. The number of hydrazone groups is 1.